The minimum Gasteiger partial charge on any atom is -0.208 e. The highest BCUT2D eigenvalue weighted by Gasteiger charge is 2.35. The van der Waals surface area contributed by atoms with E-state index in [2.05, 4.69) is 173 Å². The molecule has 1 aliphatic rings. The predicted octanol–water partition coefficient (Wildman–Crippen LogP) is 11.1. The third-order valence-electron chi connectivity index (χ3n) is 9.93. The second-order valence-electron chi connectivity index (χ2n) is 14.6. The van der Waals surface area contributed by atoms with Gasteiger partial charge >= 0.3 is 0 Å². The maximum atomic E-state index is 5.07. The molecule has 49 heavy (non-hydrogen) atoms. The zero-order valence-electron chi connectivity index (χ0n) is 28.7. The molecule has 0 N–H and O–H groups in total. The van der Waals surface area contributed by atoms with Crippen LogP contribution in [-0.4, -0.2) is 23.0 Å². The van der Waals surface area contributed by atoms with Gasteiger partial charge in [-0.1, -0.05) is 172 Å². The van der Waals surface area contributed by atoms with E-state index in [4.69, 9.17) is 15.0 Å². The van der Waals surface area contributed by atoms with Crippen molar-refractivity contribution in [1.29, 1.82) is 0 Å². The molecule has 0 bridgehead atoms. The summed E-state index contributed by atoms with van der Waals surface area (Å²) in [5.74, 6) is 2.00. The molecule has 0 atom stereocenters. The van der Waals surface area contributed by atoms with Crippen LogP contribution in [0.1, 0.15) is 25.0 Å². The molecule has 1 heterocycles. The first-order chi connectivity index (χ1) is 23.6. The summed E-state index contributed by atoms with van der Waals surface area (Å²) >= 11 is 0. The maximum absolute atomic E-state index is 5.07. The van der Waals surface area contributed by atoms with Gasteiger partial charge in [0, 0.05) is 22.1 Å². The first-order valence-corrected chi connectivity index (χ1v) is 20.5. The van der Waals surface area contributed by atoms with E-state index in [-0.39, 0.29) is 5.41 Å². The van der Waals surface area contributed by atoms with Gasteiger partial charge in [-0.05, 0) is 56.6 Å². The Morgan fingerprint density at radius 2 is 0.857 bits per heavy atom. The van der Waals surface area contributed by atoms with Crippen molar-refractivity contribution in [2.24, 2.45) is 0 Å². The van der Waals surface area contributed by atoms with Crippen LogP contribution in [-0.2, 0) is 5.41 Å². The smallest absolute Gasteiger partial charge is 0.164 e. The van der Waals surface area contributed by atoms with E-state index in [0.29, 0.717) is 17.5 Å². The molecular formula is C45H39N3Si. The molecule has 0 spiro atoms. The highest BCUT2D eigenvalue weighted by Crippen LogP contribution is 2.49. The Kier molecular flexibility index (Phi) is 7.50. The molecule has 0 saturated carbocycles. The van der Waals surface area contributed by atoms with Crippen LogP contribution in [0, 0.1) is 0 Å². The van der Waals surface area contributed by atoms with Gasteiger partial charge in [-0.25, -0.2) is 15.0 Å². The lowest BCUT2D eigenvalue weighted by Crippen LogP contribution is -2.37. The predicted molar refractivity (Wildman–Crippen MR) is 208 cm³/mol. The third kappa shape index (κ3) is 5.72. The number of hydrogen-bond acceptors (Lipinski definition) is 3. The van der Waals surface area contributed by atoms with Crippen LogP contribution in [0.5, 0.6) is 0 Å². The molecule has 238 valence electrons. The fourth-order valence-electron chi connectivity index (χ4n) is 7.05. The molecule has 0 fully saturated rings. The lowest BCUT2D eigenvalue weighted by atomic mass is 9.81. The first-order valence-electron chi connectivity index (χ1n) is 17.0. The number of fused-ring (bicyclic) bond motifs is 3. The number of benzene rings is 6. The van der Waals surface area contributed by atoms with Gasteiger partial charge in [0.05, 0.1) is 8.07 Å². The van der Waals surface area contributed by atoms with Crippen LogP contribution in [0.25, 0.3) is 67.5 Å². The van der Waals surface area contributed by atoms with Crippen molar-refractivity contribution >= 4 is 13.3 Å². The van der Waals surface area contributed by atoms with Crippen LogP contribution in [0.3, 0.4) is 0 Å². The molecule has 1 aliphatic carbocycles. The Labute approximate surface area is 290 Å². The van der Waals surface area contributed by atoms with Crippen LogP contribution in [0.15, 0.2) is 146 Å². The minimum atomic E-state index is -1.44. The van der Waals surface area contributed by atoms with Crippen LogP contribution >= 0.6 is 0 Å². The van der Waals surface area contributed by atoms with Gasteiger partial charge < -0.3 is 0 Å². The molecule has 6 aromatic carbocycles. The number of aromatic nitrogens is 3. The summed E-state index contributed by atoms with van der Waals surface area (Å²) in [6, 6.07) is 52.0. The van der Waals surface area contributed by atoms with E-state index in [9.17, 15) is 0 Å². The molecule has 4 heteroatoms. The normalized spacial score (nSPS) is 13.2. The summed E-state index contributed by atoms with van der Waals surface area (Å²) < 4.78 is 0. The Bertz CT molecular complexity index is 2320. The monoisotopic (exact) mass is 649 g/mol. The maximum Gasteiger partial charge on any atom is 0.164 e. The van der Waals surface area contributed by atoms with Crippen molar-refractivity contribution < 1.29 is 0 Å². The Morgan fingerprint density at radius 1 is 0.388 bits per heavy atom. The Hall–Kier alpha value is -5.45. The van der Waals surface area contributed by atoms with Gasteiger partial charge in [0.1, 0.15) is 0 Å². The molecule has 0 amide bonds. The molecule has 0 radical (unpaired) electrons. The zero-order valence-corrected chi connectivity index (χ0v) is 29.7. The lowest BCUT2D eigenvalue weighted by molar-refractivity contribution is 0.660. The van der Waals surface area contributed by atoms with Gasteiger partial charge in [0.25, 0.3) is 0 Å². The van der Waals surface area contributed by atoms with Crippen LogP contribution in [0.4, 0.5) is 0 Å². The van der Waals surface area contributed by atoms with E-state index in [1.807, 2.05) is 6.07 Å². The Balaban J connectivity index is 1.19. The van der Waals surface area contributed by atoms with Gasteiger partial charge in [0.15, 0.2) is 17.5 Å². The number of nitrogens with zero attached hydrogens (tertiary/aromatic N) is 3. The third-order valence-corrected chi connectivity index (χ3v) is 12.0. The molecule has 3 nitrogen and oxygen atoms in total. The van der Waals surface area contributed by atoms with Crippen molar-refractivity contribution in [3.05, 3.63) is 157 Å². The standard InChI is InChI=1S/C45H39N3Si/c1-45(2)40-17-10-9-16-38(40)39-27-24-35(29-41(39)45)31-18-20-32(21-19-31)42-46-43(33-22-25-37(26-23-33)49(3,4)5)48-44(47-42)36-15-11-14-34(28-36)30-12-7-6-8-13-30/h6-29H,1-5H3. The molecule has 7 aromatic rings. The van der Waals surface area contributed by atoms with Crippen molar-refractivity contribution in [2.45, 2.75) is 38.9 Å². The van der Waals surface area contributed by atoms with E-state index in [0.717, 1.165) is 27.8 Å². The van der Waals surface area contributed by atoms with Crippen molar-refractivity contribution in [1.82, 2.24) is 15.0 Å². The van der Waals surface area contributed by atoms with Crippen molar-refractivity contribution in [3.63, 3.8) is 0 Å². The molecule has 0 aliphatic heterocycles. The highest BCUT2D eigenvalue weighted by molar-refractivity contribution is 6.88. The number of rotatable bonds is 6. The quantitative estimate of drug-likeness (QED) is 0.168. The summed E-state index contributed by atoms with van der Waals surface area (Å²) in [6.07, 6.45) is 0. The summed E-state index contributed by atoms with van der Waals surface area (Å²) in [4.78, 5) is 15.2. The Morgan fingerprint density at radius 3 is 1.53 bits per heavy atom. The molecule has 8 rings (SSSR count). The van der Waals surface area contributed by atoms with Crippen molar-refractivity contribution in [3.8, 4) is 67.5 Å². The largest absolute Gasteiger partial charge is 0.208 e. The molecular weight excluding hydrogens is 611 g/mol. The second kappa shape index (κ2) is 11.9. The topological polar surface area (TPSA) is 38.7 Å². The molecule has 1 aromatic heterocycles. The minimum absolute atomic E-state index is 0.0371. The van der Waals surface area contributed by atoms with Gasteiger partial charge in [-0.15, -0.1) is 0 Å². The summed E-state index contributed by atoms with van der Waals surface area (Å²) in [5.41, 5.74) is 13.0. The van der Waals surface area contributed by atoms with Crippen LogP contribution < -0.4 is 5.19 Å². The van der Waals surface area contributed by atoms with Crippen LogP contribution in [0.2, 0.25) is 19.6 Å². The zero-order chi connectivity index (χ0) is 33.8. The summed E-state index contributed by atoms with van der Waals surface area (Å²) in [5, 5.41) is 1.41. The van der Waals surface area contributed by atoms with E-state index < -0.39 is 8.07 Å². The lowest BCUT2D eigenvalue weighted by Gasteiger charge is -2.22. The van der Waals surface area contributed by atoms with Crippen molar-refractivity contribution in [2.75, 3.05) is 0 Å². The fraction of sp³-hybridized carbons (Fsp3) is 0.133. The van der Waals surface area contributed by atoms with Gasteiger partial charge in [0.2, 0.25) is 0 Å². The average Bonchev–Trinajstić information content (AvgIpc) is 3.37. The van der Waals surface area contributed by atoms with E-state index in [1.165, 1.54) is 38.6 Å². The molecule has 0 unspecified atom stereocenters. The SMILES string of the molecule is CC1(C)c2ccccc2-c2ccc(-c3ccc(-c4nc(-c5ccc([Si](C)(C)C)cc5)nc(-c5cccc(-c6ccccc6)c5)n4)cc3)cc21. The first kappa shape index (κ1) is 30.9. The summed E-state index contributed by atoms with van der Waals surface area (Å²) in [6.45, 7) is 11.8. The highest BCUT2D eigenvalue weighted by atomic mass is 28.3. The fourth-order valence-corrected chi connectivity index (χ4v) is 8.21. The van der Waals surface area contributed by atoms with E-state index >= 15 is 0 Å². The van der Waals surface area contributed by atoms with Gasteiger partial charge in [-0.2, -0.15) is 0 Å². The molecule has 0 saturated heterocycles. The second-order valence-corrected chi connectivity index (χ2v) is 19.7. The summed E-state index contributed by atoms with van der Waals surface area (Å²) in [7, 11) is -1.44. The number of hydrogen-bond donors (Lipinski definition) is 0. The average molecular weight is 650 g/mol. The van der Waals surface area contributed by atoms with E-state index in [1.54, 1.807) is 0 Å². The van der Waals surface area contributed by atoms with Gasteiger partial charge in [-0.3, -0.25) is 0 Å².